The number of Topliss-reactive ketones (excluding diaryl/α,β-unsaturated/α-hetero) is 1. The van der Waals surface area contributed by atoms with Gasteiger partial charge < -0.3 is 10.6 Å². The predicted molar refractivity (Wildman–Crippen MR) is 123 cm³/mol. The Kier molecular flexibility index (Phi) is 6.89. The van der Waals surface area contributed by atoms with Crippen LogP contribution in [0.15, 0.2) is 29.4 Å². The maximum atomic E-state index is 12.4. The van der Waals surface area contributed by atoms with Crippen molar-refractivity contribution in [2.45, 2.75) is 57.3 Å². The van der Waals surface area contributed by atoms with Crippen LogP contribution in [0, 0.1) is 0 Å². The second-order valence-corrected chi connectivity index (χ2v) is 9.33. The molecule has 160 valence electrons. The molecular formula is C23H31N5OS. The SMILES string of the molecule is CCCCSc1nc(N)c2c(n1)N(Cc1cccc(CN3CCCC3)c1)CC(=O)C2. The smallest absolute Gasteiger partial charge is 0.191 e. The number of carbonyl (C=O) groups is 1. The van der Waals surface area contributed by atoms with Crippen LogP contribution in [0.4, 0.5) is 11.6 Å². The van der Waals surface area contributed by atoms with Crippen LogP contribution in [-0.2, 0) is 24.3 Å². The molecule has 3 heterocycles. The van der Waals surface area contributed by atoms with Gasteiger partial charge in [0.1, 0.15) is 11.6 Å². The maximum Gasteiger partial charge on any atom is 0.191 e. The molecule has 6 nitrogen and oxygen atoms in total. The largest absolute Gasteiger partial charge is 0.383 e. The highest BCUT2D eigenvalue weighted by Crippen LogP contribution is 2.31. The topological polar surface area (TPSA) is 75.3 Å². The van der Waals surface area contributed by atoms with Crippen molar-refractivity contribution in [1.29, 1.82) is 0 Å². The number of carbonyl (C=O) groups excluding carboxylic acids is 1. The Balaban J connectivity index is 1.54. The Morgan fingerprint density at radius 3 is 2.67 bits per heavy atom. The number of hydrogen-bond acceptors (Lipinski definition) is 7. The Morgan fingerprint density at radius 1 is 1.13 bits per heavy atom. The fourth-order valence-electron chi connectivity index (χ4n) is 4.19. The van der Waals surface area contributed by atoms with Gasteiger partial charge in [-0.3, -0.25) is 9.69 Å². The highest BCUT2D eigenvalue weighted by molar-refractivity contribution is 7.99. The normalized spacial score (nSPS) is 16.8. The van der Waals surface area contributed by atoms with Crippen molar-refractivity contribution in [2.24, 2.45) is 0 Å². The van der Waals surface area contributed by atoms with Gasteiger partial charge in [-0.15, -0.1) is 0 Å². The second kappa shape index (κ2) is 9.79. The van der Waals surface area contributed by atoms with Gasteiger partial charge in [0.05, 0.1) is 6.54 Å². The number of rotatable bonds is 8. The molecule has 1 aromatic heterocycles. The molecule has 0 bridgehead atoms. The number of aromatic nitrogens is 2. The van der Waals surface area contributed by atoms with Gasteiger partial charge >= 0.3 is 0 Å². The summed E-state index contributed by atoms with van der Waals surface area (Å²) in [6.45, 7) is 6.57. The average molecular weight is 426 g/mol. The van der Waals surface area contributed by atoms with E-state index in [2.05, 4.69) is 46.0 Å². The van der Waals surface area contributed by atoms with E-state index in [1.165, 1.54) is 37.1 Å². The van der Waals surface area contributed by atoms with Crippen molar-refractivity contribution in [3.63, 3.8) is 0 Å². The molecule has 0 spiro atoms. The molecule has 1 saturated heterocycles. The molecule has 1 aromatic carbocycles. The van der Waals surface area contributed by atoms with Gasteiger partial charge in [0.15, 0.2) is 10.9 Å². The third kappa shape index (κ3) is 5.13. The van der Waals surface area contributed by atoms with Gasteiger partial charge in [-0.05, 0) is 43.5 Å². The molecule has 0 aliphatic carbocycles. The molecule has 30 heavy (non-hydrogen) atoms. The Labute approximate surface area is 183 Å². The number of unbranched alkanes of at least 4 members (excludes halogenated alkanes) is 1. The van der Waals surface area contributed by atoms with Gasteiger partial charge in [0.2, 0.25) is 0 Å². The number of nitrogen functional groups attached to an aromatic ring is 1. The fraction of sp³-hybridized carbons (Fsp3) is 0.522. The van der Waals surface area contributed by atoms with Crippen molar-refractivity contribution >= 4 is 29.2 Å². The Bertz CT molecular complexity index is 897. The standard InChI is InChI=1S/C23H31N5OS/c1-2-3-11-30-23-25-21(24)20-13-19(29)16-28(22(20)26-23)15-18-8-6-7-17(12-18)14-27-9-4-5-10-27/h6-8,12H,2-5,9-11,13-16H2,1H3,(H2,24,25,26). The zero-order chi connectivity index (χ0) is 20.9. The van der Waals surface area contributed by atoms with Crippen LogP contribution in [0.1, 0.15) is 49.3 Å². The maximum absolute atomic E-state index is 12.4. The van der Waals surface area contributed by atoms with Crippen LogP contribution < -0.4 is 10.6 Å². The summed E-state index contributed by atoms with van der Waals surface area (Å²) < 4.78 is 0. The first-order chi connectivity index (χ1) is 14.6. The van der Waals surface area contributed by atoms with Crippen LogP contribution >= 0.6 is 11.8 Å². The summed E-state index contributed by atoms with van der Waals surface area (Å²) >= 11 is 1.64. The van der Waals surface area contributed by atoms with Crippen LogP contribution in [0.3, 0.4) is 0 Å². The second-order valence-electron chi connectivity index (χ2n) is 8.27. The minimum atomic E-state index is 0.164. The molecule has 2 aromatic rings. The molecule has 1 fully saturated rings. The number of likely N-dealkylation sites (tertiary alicyclic amines) is 1. The molecule has 0 saturated carbocycles. The van der Waals surface area contributed by atoms with Crippen molar-refractivity contribution in [3.05, 3.63) is 41.0 Å². The minimum absolute atomic E-state index is 0.164. The number of nitrogens with two attached hydrogens (primary N) is 1. The van der Waals surface area contributed by atoms with E-state index in [4.69, 9.17) is 10.7 Å². The average Bonchev–Trinajstić information content (AvgIpc) is 3.22. The van der Waals surface area contributed by atoms with Gasteiger partial charge in [0.25, 0.3) is 0 Å². The third-order valence-corrected chi connectivity index (χ3v) is 6.67. The van der Waals surface area contributed by atoms with Crippen LogP contribution in [0.25, 0.3) is 0 Å². The van der Waals surface area contributed by atoms with Gasteiger partial charge in [-0.25, -0.2) is 9.97 Å². The van der Waals surface area contributed by atoms with E-state index in [0.717, 1.165) is 36.5 Å². The van der Waals surface area contributed by atoms with E-state index in [1.807, 2.05) is 0 Å². The van der Waals surface area contributed by atoms with Crippen molar-refractivity contribution < 1.29 is 4.79 Å². The lowest BCUT2D eigenvalue weighted by molar-refractivity contribution is -0.117. The zero-order valence-electron chi connectivity index (χ0n) is 17.8. The lowest BCUT2D eigenvalue weighted by Crippen LogP contribution is -2.36. The quantitative estimate of drug-likeness (QED) is 0.393. The molecule has 0 unspecified atom stereocenters. The first kappa shape index (κ1) is 21.1. The van der Waals surface area contributed by atoms with Gasteiger partial charge in [-0.2, -0.15) is 0 Å². The summed E-state index contributed by atoms with van der Waals surface area (Å²) in [7, 11) is 0. The first-order valence-electron chi connectivity index (χ1n) is 11.0. The summed E-state index contributed by atoms with van der Waals surface area (Å²) in [6.07, 6.45) is 5.18. The third-order valence-electron chi connectivity index (χ3n) is 5.74. The number of fused-ring (bicyclic) bond motifs is 1. The summed E-state index contributed by atoms with van der Waals surface area (Å²) in [4.78, 5) is 26.2. The van der Waals surface area contributed by atoms with E-state index < -0.39 is 0 Å². The number of anilines is 2. The lowest BCUT2D eigenvalue weighted by atomic mass is 10.0. The predicted octanol–water partition coefficient (Wildman–Crippen LogP) is 3.68. The molecule has 0 radical (unpaired) electrons. The van der Waals surface area contributed by atoms with Crippen molar-refractivity contribution in [3.8, 4) is 0 Å². The molecular weight excluding hydrogens is 394 g/mol. The van der Waals surface area contributed by atoms with Crippen molar-refractivity contribution in [1.82, 2.24) is 14.9 Å². The molecule has 0 atom stereocenters. The number of nitrogens with zero attached hydrogens (tertiary/aromatic N) is 4. The molecule has 2 aliphatic rings. The molecule has 7 heteroatoms. The number of thioether (sulfide) groups is 1. The van der Waals surface area contributed by atoms with Crippen molar-refractivity contribution in [2.75, 3.05) is 36.0 Å². The molecule has 2 aliphatic heterocycles. The summed E-state index contributed by atoms with van der Waals surface area (Å²) in [5, 5.41) is 0.710. The van der Waals surface area contributed by atoms with E-state index in [1.54, 1.807) is 11.8 Å². The van der Waals surface area contributed by atoms with E-state index in [9.17, 15) is 4.79 Å². The van der Waals surface area contributed by atoms with Crippen LogP contribution in [0.2, 0.25) is 0 Å². The van der Waals surface area contributed by atoms with E-state index in [-0.39, 0.29) is 5.78 Å². The Hall–Kier alpha value is -2.12. The van der Waals surface area contributed by atoms with Crippen LogP contribution in [-0.4, -0.2) is 46.0 Å². The lowest BCUT2D eigenvalue weighted by Gasteiger charge is -2.30. The first-order valence-corrected chi connectivity index (χ1v) is 12.0. The Morgan fingerprint density at radius 2 is 1.90 bits per heavy atom. The van der Waals surface area contributed by atoms with Gasteiger partial charge in [0, 0.05) is 30.8 Å². The molecule has 2 N–H and O–H groups in total. The molecule has 4 rings (SSSR count). The monoisotopic (exact) mass is 425 g/mol. The highest BCUT2D eigenvalue weighted by atomic mass is 32.2. The fourth-order valence-corrected chi connectivity index (χ4v) is 5.12. The van der Waals surface area contributed by atoms with E-state index in [0.29, 0.717) is 30.5 Å². The van der Waals surface area contributed by atoms with Gasteiger partial charge in [-0.1, -0.05) is 49.4 Å². The number of ketones is 1. The number of benzene rings is 1. The molecule has 0 amide bonds. The van der Waals surface area contributed by atoms with E-state index >= 15 is 0 Å². The summed E-state index contributed by atoms with van der Waals surface area (Å²) in [5.74, 6) is 2.41. The zero-order valence-corrected chi connectivity index (χ0v) is 18.6. The summed E-state index contributed by atoms with van der Waals surface area (Å²) in [6, 6.07) is 8.71. The summed E-state index contributed by atoms with van der Waals surface area (Å²) in [5.41, 5.74) is 9.54. The van der Waals surface area contributed by atoms with Crippen LogP contribution in [0.5, 0.6) is 0 Å². The number of hydrogen-bond donors (Lipinski definition) is 1. The highest BCUT2D eigenvalue weighted by Gasteiger charge is 2.27. The minimum Gasteiger partial charge on any atom is -0.383 e.